The van der Waals surface area contributed by atoms with Crippen molar-refractivity contribution in [2.45, 2.75) is 33.1 Å². The number of ether oxygens (including phenoxy) is 3. The lowest BCUT2D eigenvalue weighted by molar-refractivity contribution is -0.198. The zero-order chi connectivity index (χ0) is 21.2. The second kappa shape index (κ2) is 17.6. The fourth-order valence-electron chi connectivity index (χ4n) is 1.73. The maximum atomic E-state index is 11.4. The van der Waals surface area contributed by atoms with Crippen LogP contribution in [-0.4, -0.2) is 85.1 Å². The van der Waals surface area contributed by atoms with Gasteiger partial charge < -0.3 is 24.2 Å². The van der Waals surface area contributed by atoms with Gasteiger partial charge in [-0.05, 0) is 6.92 Å². The molecule has 1 N–H and O–H groups in total. The van der Waals surface area contributed by atoms with Gasteiger partial charge in [-0.2, -0.15) is 0 Å². The van der Waals surface area contributed by atoms with Crippen molar-refractivity contribution < 1.29 is 43.3 Å². The van der Waals surface area contributed by atoms with Crippen LogP contribution in [-0.2, 0) is 38.2 Å². The molecule has 0 aliphatic carbocycles. The molecule has 2 amide bonds. The molecule has 1 saturated heterocycles. The van der Waals surface area contributed by atoms with E-state index in [1.807, 2.05) is 6.92 Å². The van der Waals surface area contributed by atoms with Crippen molar-refractivity contribution in [3.8, 4) is 0 Å². The normalized spacial score (nSPS) is 13.3. The summed E-state index contributed by atoms with van der Waals surface area (Å²) in [6.45, 7) is 6.08. The molecule has 0 unspecified atom stereocenters. The predicted molar refractivity (Wildman–Crippen MR) is 100 cm³/mol. The molecule has 1 heterocycles. The topological polar surface area (TPSA) is 129 Å². The monoisotopic (exact) mass is 423 g/mol. The molecule has 1 aliphatic rings. The standard InChI is InChI=1S/C13H21NO7.C4H8O2S/c1-2-18-7-8-20-10-9-19-6-5-13(17)21-14-11(15)3-4-12(14)16;1-4(6)7-3-2-5/h2-10H2,1H3;5H,2-3H2,1H3. The molecule has 162 valence electrons. The fourth-order valence-corrected chi connectivity index (χ4v) is 2.11. The minimum absolute atomic E-state index is 0.0317. The van der Waals surface area contributed by atoms with E-state index in [0.717, 1.165) is 11.8 Å². The van der Waals surface area contributed by atoms with Crippen LogP contribution in [0.15, 0.2) is 0 Å². The van der Waals surface area contributed by atoms with E-state index in [1.54, 1.807) is 0 Å². The number of nitrogens with zero attached hydrogens (tertiary/aromatic N) is 1. The lowest BCUT2D eigenvalue weighted by Crippen LogP contribution is -2.32. The van der Waals surface area contributed by atoms with E-state index in [-0.39, 0.29) is 37.6 Å². The van der Waals surface area contributed by atoms with Crippen molar-refractivity contribution in [3.63, 3.8) is 0 Å². The van der Waals surface area contributed by atoms with E-state index in [1.165, 1.54) is 6.92 Å². The zero-order valence-corrected chi connectivity index (χ0v) is 17.2. The van der Waals surface area contributed by atoms with Gasteiger partial charge in [-0.15, -0.1) is 5.06 Å². The largest absolute Gasteiger partial charge is 0.396 e. The lowest BCUT2D eigenvalue weighted by atomic mass is 10.4. The number of rotatable bonds is 13. The molecular weight excluding hydrogens is 394 g/mol. The van der Waals surface area contributed by atoms with Crippen LogP contribution in [0.1, 0.15) is 33.1 Å². The highest BCUT2D eigenvalue weighted by Crippen LogP contribution is 2.12. The second-order valence-corrected chi connectivity index (χ2v) is 6.55. The van der Waals surface area contributed by atoms with E-state index in [4.69, 9.17) is 19.3 Å². The Morgan fingerprint density at radius 3 is 2.00 bits per heavy atom. The molecule has 0 radical (unpaired) electrons. The van der Waals surface area contributed by atoms with Gasteiger partial charge >= 0.3 is 5.97 Å². The Bertz CT molecular complexity index is 471. The first-order chi connectivity index (χ1) is 13.4. The highest BCUT2D eigenvalue weighted by molar-refractivity contribution is 8.13. The lowest BCUT2D eigenvalue weighted by Gasteiger charge is -2.12. The van der Waals surface area contributed by atoms with Gasteiger partial charge in [-0.1, -0.05) is 11.8 Å². The summed E-state index contributed by atoms with van der Waals surface area (Å²) in [6, 6.07) is 0. The number of hydroxylamine groups is 2. The summed E-state index contributed by atoms with van der Waals surface area (Å²) < 4.78 is 15.5. The van der Waals surface area contributed by atoms with Gasteiger partial charge in [0.05, 0.1) is 46.1 Å². The van der Waals surface area contributed by atoms with Gasteiger partial charge in [0.15, 0.2) is 5.12 Å². The van der Waals surface area contributed by atoms with Gasteiger partial charge in [0.25, 0.3) is 11.8 Å². The number of aliphatic hydroxyl groups is 1. The van der Waals surface area contributed by atoms with Crippen LogP contribution in [0.4, 0.5) is 0 Å². The van der Waals surface area contributed by atoms with E-state index in [9.17, 15) is 19.2 Å². The third-order valence-corrected chi connectivity index (χ3v) is 3.79. The molecule has 0 aromatic rings. The fraction of sp³-hybridized carbons (Fsp3) is 0.765. The average Bonchev–Trinajstić information content (AvgIpc) is 2.97. The molecule has 0 saturated carbocycles. The number of imide groups is 1. The molecule has 28 heavy (non-hydrogen) atoms. The summed E-state index contributed by atoms with van der Waals surface area (Å²) in [5.41, 5.74) is 0. The summed E-state index contributed by atoms with van der Waals surface area (Å²) in [7, 11) is 0. The van der Waals surface area contributed by atoms with Crippen LogP contribution in [0.3, 0.4) is 0 Å². The number of amides is 2. The number of hydrogen-bond acceptors (Lipinski definition) is 10. The molecule has 1 aliphatic heterocycles. The summed E-state index contributed by atoms with van der Waals surface area (Å²) in [5, 5.41) is 8.73. The van der Waals surface area contributed by atoms with Gasteiger partial charge in [0.2, 0.25) is 0 Å². The van der Waals surface area contributed by atoms with Crippen LogP contribution < -0.4 is 0 Å². The third kappa shape index (κ3) is 14.5. The molecular formula is C17H29NO9S. The first-order valence-electron chi connectivity index (χ1n) is 8.96. The second-order valence-electron chi connectivity index (χ2n) is 5.28. The van der Waals surface area contributed by atoms with E-state index < -0.39 is 17.8 Å². The van der Waals surface area contributed by atoms with Gasteiger partial charge in [-0.25, -0.2) is 4.79 Å². The Morgan fingerprint density at radius 2 is 1.54 bits per heavy atom. The summed E-state index contributed by atoms with van der Waals surface area (Å²) in [4.78, 5) is 48.6. The first-order valence-corrected chi connectivity index (χ1v) is 9.94. The average molecular weight is 423 g/mol. The molecule has 10 nitrogen and oxygen atoms in total. The molecule has 1 fully saturated rings. The highest BCUT2D eigenvalue weighted by atomic mass is 32.2. The van der Waals surface area contributed by atoms with E-state index in [0.29, 0.717) is 43.9 Å². The van der Waals surface area contributed by atoms with E-state index in [2.05, 4.69) is 4.84 Å². The van der Waals surface area contributed by atoms with Crippen LogP contribution in [0.5, 0.6) is 0 Å². The van der Waals surface area contributed by atoms with Crippen LogP contribution in [0.2, 0.25) is 0 Å². The van der Waals surface area contributed by atoms with Crippen molar-refractivity contribution in [3.05, 3.63) is 0 Å². The maximum absolute atomic E-state index is 11.4. The Labute approximate surface area is 168 Å². The van der Waals surface area contributed by atoms with Gasteiger partial charge in [-0.3, -0.25) is 14.4 Å². The molecule has 0 aromatic carbocycles. The molecule has 0 atom stereocenters. The Balaban J connectivity index is 0.000000887. The summed E-state index contributed by atoms with van der Waals surface area (Å²) in [6.07, 6.45) is 0.138. The maximum Gasteiger partial charge on any atom is 0.335 e. The van der Waals surface area contributed by atoms with Crippen LogP contribution in [0, 0.1) is 0 Å². The number of carbonyl (C=O) groups excluding carboxylic acids is 4. The zero-order valence-electron chi connectivity index (χ0n) is 16.3. The Kier molecular flexibility index (Phi) is 16.6. The van der Waals surface area contributed by atoms with Crippen molar-refractivity contribution in [2.75, 3.05) is 52.0 Å². The minimum Gasteiger partial charge on any atom is -0.396 e. The molecule has 1 rings (SSSR count). The quantitative estimate of drug-likeness (QED) is 0.326. The van der Waals surface area contributed by atoms with Crippen molar-refractivity contribution in [2.24, 2.45) is 0 Å². The number of thioether (sulfide) groups is 1. The van der Waals surface area contributed by atoms with Gasteiger partial charge in [0.1, 0.15) is 0 Å². The van der Waals surface area contributed by atoms with Gasteiger partial charge in [0, 0.05) is 32.1 Å². The smallest absolute Gasteiger partial charge is 0.335 e. The Hall–Kier alpha value is -1.53. The number of aliphatic hydroxyl groups excluding tert-OH is 1. The van der Waals surface area contributed by atoms with Crippen LogP contribution >= 0.6 is 11.8 Å². The summed E-state index contributed by atoms with van der Waals surface area (Å²) in [5.74, 6) is -1.13. The van der Waals surface area contributed by atoms with Crippen molar-refractivity contribution >= 4 is 34.7 Å². The van der Waals surface area contributed by atoms with Crippen molar-refractivity contribution in [1.82, 2.24) is 5.06 Å². The molecule has 0 aromatic heterocycles. The third-order valence-electron chi connectivity index (χ3n) is 2.99. The predicted octanol–water partition coefficient (Wildman–Crippen LogP) is 0.312. The first kappa shape index (κ1) is 26.5. The molecule has 11 heteroatoms. The molecule has 0 spiro atoms. The van der Waals surface area contributed by atoms with Crippen molar-refractivity contribution in [1.29, 1.82) is 0 Å². The molecule has 0 bridgehead atoms. The number of carbonyl (C=O) groups is 4. The SMILES string of the molecule is CC(=O)SCCO.CCOCCOCCOCCC(=O)ON1C(=O)CCC1=O. The number of hydrogen-bond donors (Lipinski definition) is 1. The minimum atomic E-state index is -0.670. The Morgan fingerprint density at radius 1 is 1.00 bits per heavy atom. The van der Waals surface area contributed by atoms with E-state index >= 15 is 0 Å². The highest BCUT2D eigenvalue weighted by Gasteiger charge is 2.32. The van der Waals surface area contributed by atoms with Crippen LogP contribution in [0.25, 0.3) is 0 Å². The summed E-state index contributed by atoms with van der Waals surface area (Å²) >= 11 is 1.14.